The van der Waals surface area contributed by atoms with Crippen LogP contribution in [0.3, 0.4) is 0 Å². The standard InChI is InChI=1S/C13H15NO/c1-2-12(15)13(9-14)8-7-10-5-3-4-6-11(10)13/h3-6,12,15H,2,7-8H2,1H3. The zero-order valence-electron chi connectivity index (χ0n) is 8.90. The van der Waals surface area contributed by atoms with E-state index in [9.17, 15) is 10.4 Å². The Labute approximate surface area is 90.2 Å². The first-order valence-electron chi connectivity index (χ1n) is 5.42. The van der Waals surface area contributed by atoms with Gasteiger partial charge in [-0.2, -0.15) is 5.26 Å². The lowest BCUT2D eigenvalue weighted by Gasteiger charge is -2.27. The molecule has 0 saturated heterocycles. The quantitative estimate of drug-likeness (QED) is 0.796. The fourth-order valence-corrected chi connectivity index (χ4v) is 2.53. The molecule has 2 unspecified atom stereocenters. The summed E-state index contributed by atoms with van der Waals surface area (Å²) < 4.78 is 0. The van der Waals surface area contributed by atoms with E-state index >= 15 is 0 Å². The van der Waals surface area contributed by atoms with Gasteiger partial charge in [-0.3, -0.25) is 0 Å². The molecule has 0 saturated carbocycles. The number of hydrogen-bond acceptors (Lipinski definition) is 2. The largest absolute Gasteiger partial charge is 0.391 e. The van der Waals surface area contributed by atoms with Crippen LogP contribution in [0.25, 0.3) is 0 Å². The zero-order valence-corrected chi connectivity index (χ0v) is 8.90. The molecular formula is C13H15NO. The third kappa shape index (κ3) is 1.35. The first-order valence-corrected chi connectivity index (χ1v) is 5.42. The summed E-state index contributed by atoms with van der Waals surface area (Å²) in [5, 5.41) is 19.4. The fraction of sp³-hybridized carbons (Fsp3) is 0.462. The van der Waals surface area contributed by atoms with Crippen LogP contribution in [0, 0.1) is 11.3 Å². The van der Waals surface area contributed by atoms with Gasteiger partial charge in [-0.1, -0.05) is 31.2 Å². The minimum atomic E-state index is -0.661. The number of nitrogens with zero attached hydrogens (tertiary/aromatic N) is 1. The van der Waals surface area contributed by atoms with Crippen molar-refractivity contribution in [1.29, 1.82) is 5.26 Å². The van der Waals surface area contributed by atoms with Gasteiger partial charge in [0.1, 0.15) is 5.41 Å². The number of fused-ring (bicyclic) bond motifs is 1. The van der Waals surface area contributed by atoms with Gasteiger partial charge < -0.3 is 5.11 Å². The molecule has 2 nitrogen and oxygen atoms in total. The molecule has 1 aliphatic carbocycles. The Morgan fingerprint density at radius 1 is 1.53 bits per heavy atom. The number of benzene rings is 1. The van der Waals surface area contributed by atoms with Gasteiger partial charge in [0.15, 0.2) is 0 Å². The molecule has 1 N–H and O–H groups in total. The van der Waals surface area contributed by atoms with Crippen molar-refractivity contribution in [1.82, 2.24) is 0 Å². The lowest BCUT2D eigenvalue weighted by molar-refractivity contribution is 0.106. The Morgan fingerprint density at radius 3 is 2.93 bits per heavy atom. The molecule has 0 aliphatic heterocycles. The van der Waals surface area contributed by atoms with Crippen LogP contribution in [-0.4, -0.2) is 11.2 Å². The lowest BCUT2D eigenvalue weighted by Crippen LogP contribution is -2.35. The van der Waals surface area contributed by atoms with Gasteiger partial charge in [-0.15, -0.1) is 0 Å². The van der Waals surface area contributed by atoms with E-state index in [1.165, 1.54) is 5.56 Å². The monoisotopic (exact) mass is 201 g/mol. The van der Waals surface area contributed by atoms with E-state index in [2.05, 4.69) is 12.1 Å². The smallest absolute Gasteiger partial charge is 0.109 e. The Bertz CT molecular complexity index is 407. The molecule has 0 bridgehead atoms. The Balaban J connectivity index is 2.51. The van der Waals surface area contributed by atoms with Crippen LogP contribution >= 0.6 is 0 Å². The molecule has 2 atom stereocenters. The van der Waals surface area contributed by atoms with Crippen molar-refractivity contribution < 1.29 is 5.11 Å². The molecule has 0 fully saturated rings. The molecular weight excluding hydrogens is 186 g/mol. The maximum atomic E-state index is 10.0. The topological polar surface area (TPSA) is 44.0 Å². The van der Waals surface area contributed by atoms with Crippen molar-refractivity contribution >= 4 is 0 Å². The second-order valence-corrected chi connectivity index (χ2v) is 4.16. The molecule has 0 amide bonds. The Hall–Kier alpha value is -1.33. The first kappa shape index (κ1) is 10.2. The summed E-state index contributed by atoms with van der Waals surface area (Å²) >= 11 is 0. The van der Waals surface area contributed by atoms with Crippen molar-refractivity contribution in [3.8, 4) is 6.07 Å². The SMILES string of the molecule is CCC(O)C1(C#N)CCc2ccccc21. The van der Waals surface area contributed by atoms with E-state index in [0.29, 0.717) is 6.42 Å². The van der Waals surface area contributed by atoms with Crippen molar-refractivity contribution in [3.05, 3.63) is 35.4 Å². The first-order chi connectivity index (χ1) is 7.24. The van der Waals surface area contributed by atoms with Crippen molar-refractivity contribution in [2.45, 2.75) is 37.7 Å². The van der Waals surface area contributed by atoms with Crippen LogP contribution in [-0.2, 0) is 11.8 Å². The van der Waals surface area contributed by atoms with Gasteiger partial charge in [0.2, 0.25) is 0 Å². The Kier molecular flexibility index (Phi) is 2.50. The summed E-state index contributed by atoms with van der Waals surface area (Å²) in [5.74, 6) is 0. The minimum absolute atomic E-state index is 0.550. The second-order valence-electron chi connectivity index (χ2n) is 4.16. The van der Waals surface area contributed by atoms with Crippen molar-refractivity contribution in [2.75, 3.05) is 0 Å². The van der Waals surface area contributed by atoms with Crippen LogP contribution in [0.5, 0.6) is 0 Å². The third-order valence-electron chi connectivity index (χ3n) is 3.44. The predicted molar refractivity (Wildman–Crippen MR) is 58.4 cm³/mol. The van der Waals surface area contributed by atoms with Crippen LogP contribution in [0.15, 0.2) is 24.3 Å². The molecule has 1 aromatic carbocycles. The van der Waals surface area contributed by atoms with Gasteiger partial charge in [0.05, 0.1) is 12.2 Å². The highest BCUT2D eigenvalue weighted by Crippen LogP contribution is 2.41. The summed E-state index contributed by atoms with van der Waals surface area (Å²) in [6.07, 6.45) is 1.73. The average Bonchev–Trinajstić information content (AvgIpc) is 2.68. The van der Waals surface area contributed by atoms with Crippen molar-refractivity contribution in [2.24, 2.45) is 0 Å². The summed E-state index contributed by atoms with van der Waals surface area (Å²) in [6.45, 7) is 1.92. The third-order valence-corrected chi connectivity index (χ3v) is 3.44. The molecule has 2 rings (SSSR count). The van der Waals surface area contributed by atoms with Crippen LogP contribution < -0.4 is 0 Å². The van der Waals surface area contributed by atoms with Crippen LogP contribution in [0.2, 0.25) is 0 Å². The van der Waals surface area contributed by atoms with E-state index in [4.69, 9.17) is 0 Å². The number of aryl methyl sites for hydroxylation is 1. The molecule has 2 heteroatoms. The summed E-state index contributed by atoms with van der Waals surface area (Å²) in [5.41, 5.74) is 1.58. The van der Waals surface area contributed by atoms with E-state index < -0.39 is 11.5 Å². The van der Waals surface area contributed by atoms with E-state index in [-0.39, 0.29) is 0 Å². The lowest BCUT2D eigenvalue weighted by atomic mass is 9.77. The highest BCUT2D eigenvalue weighted by molar-refractivity contribution is 5.45. The van der Waals surface area contributed by atoms with E-state index in [1.807, 2.05) is 25.1 Å². The average molecular weight is 201 g/mol. The van der Waals surface area contributed by atoms with Crippen LogP contribution in [0.4, 0.5) is 0 Å². The summed E-state index contributed by atoms with van der Waals surface area (Å²) in [6, 6.07) is 10.3. The molecule has 0 radical (unpaired) electrons. The Morgan fingerprint density at radius 2 is 2.27 bits per heavy atom. The maximum Gasteiger partial charge on any atom is 0.109 e. The van der Waals surface area contributed by atoms with Gasteiger partial charge in [0, 0.05) is 0 Å². The summed E-state index contributed by atoms with van der Waals surface area (Å²) in [7, 11) is 0. The van der Waals surface area contributed by atoms with Gasteiger partial charge in [-0.05, 0) is 30.4 Å². The molecule has 0 spiro atoms. The number of rotatable bonds is 2. The number of aliphatic hydroxyl groups is 1. The number of hydrogen-bond donors (Lipinski definition) is 1. The fourth-order valence-electron chi connectivity index (χ4n) is 2.53. The number of nitriles is 1. The minimum Gasteiger partial charge on any atom is -0.391 e. The molecule has 0 aromatic heterocycles. The van der Waals surface area contributed by atoms with Gasteiger partial charge >= 0.3 is 0 Å². The second kappa shape index (κ2) is 3.67. The predicted octanol–water partition coefficient (Wildman–Crippen LogP) is 2.17. The molecule has 78 valence electrons. The molecule has 1 aliphatic rings. The van der Waals surface area contributed by atoms with Gasteiger partial charge in [-0.25, -0.2) is 0 Å². The number of aliphatic hydroxyl groups excluding tert-OH is 1. The molecule has 1 aromatic rings. The highest BCUT2D eigenvalue weighted by Gasteiger charge is 2.44. The zero-order chi connectivity index (χ0) is 10.9. The normalized spacial score (nSPS) is 25.7. The van der Waals surface area contributed by atoms with E-state index in [0.717, 1.165) is 18.4 Å². The van der Waals surface area contributed by atoms with Crippen molar-refractivity contribution in [3.63, 3.8) is 0 Å². The van der Waals surface area contributed by atoms with Gasteiger partial charge in [0.25, 0.3) is 0 Å². The maximum absolute atomic E-state index is 10.0. The summed E-state index contributed by atoms with van der Waals surface area (Å²) in [4.78, 5) is 0. The highest BCUT2D eigenvalue weighted by atomic mass is 16.3. The van der Waals surface area contributed by atoms with E-state index in [1.54, 1.807) is 0 Å². The molecule has 0 heterocycles. The van der Waals surface area contributed by atoms with Crippen LogP contribution in [0.1, 0.15) is 30.9 Å². The molecule has 15 heavy (non-hydrogen) atoms.